The molecule has 2 rings (SSSR count). The minimum absolute atomic E-state index is 0. The van der Waals surface area contributed by atoms with Crippen molar-refractivity contribution in [2.45, 2.75) is 12.5 Å². The lowest BCUT2D eigenvalue weighted by Gasteiger charge is -2.12. The van der Waals surface area contributed by atoms with Gasteiger partial charge in [0, 0.05) is 16.2 Å². The van der Waals surface area contributed by atoms with Crippen molar-refractivity contribution in [2.24, 2.45) is 0 Å². The number of hydrogen-bond acceptors (Lipinski definition) is 3. The van der Waals surface area contributed by atoms with Gasteiger partial charge < -0.3 is 15.4 Å². The lowest BCUT2D eigenvalue weighted by atomic mass is 10.2. The highest BCUT2D eigenvalue weighted by Gasteiger charge is 2.18. The maximum Gasteiger partial charge on any atom is 0.252 e. The van der Waals surface area contributed by atoms with Crippen molar-refractivity contribution in [3.8, 4) is 5.75 Å². The second kappa shape index (κ2) is 7.16. The van der Waals surface area contributed by atoms with Gasteiger partial charge in [-0.05, 0) is 53.8 Å². The van der Waals surface area contributed by atoms with Crippen molar-refractivity contribution in [1.82, 2.24) is 10.6 Å². The Morgan fingerprint density at radius 3 is 2.89 bits per heavy atom. The third-order valence-electron chi connectivity index (χ3n) is 2.82. The van der Waals surface area contributed by atoms with Gasteiger partial charge in [0.2, 0.25) is 0 Å². The first kappa shape index (κ1) is 15.5. The van der Waals surface area contributed by atoms with Gasteiger partial charge in [-0.1, -0.05) is 0 Å². The second-order valence-corrected chi connectivity index (χ2v) is 5.17. The van der Waals surface area contributed by atoms with Crippen LogP contribution in [-0.2, 0) is 0 Å². The maximum atomic E-state index is 12.0. The molecule has 1 aliphatic rings. The van der Waals surface area contributed by atoms with Crippen LogP contribution < -0.4 is 15.4 Å². The average Bonchev–Trinajstić information content (AvgIpc) is 2.81. The summed E-state index contributed by atoms with van der Waals surface area (Å²) in [5.74, 6) is 0.763. The van der Waals surface area contributed by atoms with Gasteiger partial charge in [-0.3, -0.25) is 4.79 Å². The molecule has 1 aliphatic heterocycles. The fraction of sp³-hybridized carbons (Fsp3) is 0.417. The maximum absolute atomic E-state index is 12.0. The highest BCUT2D eigenvalue weighted by Crippen LogP contribution is 2.19. The molecule has 0 radical (unpaired) electrons. The zero-order valence-electron chi connectivity index (χ0n) is 10.0. The molecular formula is C12H16ClIN2O2. The Balaban J connectivity index is 0.00000162. The predicted octanol–water partition coefficient (Wildman–Crippen LogP) is 1.81. The van der Waals surface area contributed by atoms with Crippen molar-refractivity contribution < 1.29 is 9.53 Å². The number of methoxy groups -OCH3 is 1. The number of ether oxygens (including phenoxy) is 1. The molecule has 0 saturated carbocycles. The first-order valence-corrected chi connectivity index (χ1v) is 6.63. The second-order valence-electron chi connectivity index (χ2n) is 4.01. The Hall–Kier alpha value is -0.530. The molecule has 4 nitrogen and oxygen atoms in total. The van der Waals surface area contributed by atoms with Gasteiger partial charge in [0.05, 0.1) is 12.7 Å². The van der Waals surface area contributed by atoms with E-state index in [0.29, 0.717) is 5.56 Å². The van der Waals surface area contributed by atoms with Crippen LogP contribution in [0.25, 0.3) is 0 Å². The van der Waals surface area contributed by atoms with Crippen molar-refractivity contribution >= 4 is 40.9 Å². The van der Waals surface area contributed by atoms with Gasteiger partial charge in [0.15, 0.2) is 0 Å². The van der Waals surface area contributed by atoms with E-state index in [1.165, 1.54) is 0 Å². The van der Waals surface area contributed by atoms with Crippen LogP contribution in [-0.4, -0.2) is 32.1 Å². The van der Waals surface area contributed by atoms with Crippen LogP contribution in [0.3, 0.4) is 0 Å². The van der Waals surface area contributed by atoms with Crippen LogP contribution in [0.4, 0.5) is 0 Å². The first-order chi connectivity index (χ1) is 8.20. The SMILES string of the molecule is COc1ccc(C(=O)NC2CCNC2)c(I)c1.Cl. The predicted molar refractivity (Wildman–Crippen MR) is 81.7 cm³/mol. The number of halogens is 2. The third-order valence-corrected chi connectivity index (χ3v) is 3.71. The van der Waals surface area contributed by atoms with Crippen LogP contribution in [0.15, 0.2) is 18.2 Å². The normalized spacial score (nSPS) is 18.0. The number of rotatable bonds is 3. The van der Waals surface area contributed by atoms with E-state index >= 15 is 0 Å². The van der Waals surface area contributed by atoms with Crippen molar-refractivity contribution in [3.63, 3.8) is 0 Å². The lowest BCUT2D eigenvalue weighted by Crippen LogP contribution is -2.36. The van der Waals surface area contributed by atoms with Crippen molar-refractivity contribution in [3.05, 3.63) is 27.3 Å². The molecular weight excluding hydrogens is 367 g/mol. The molecule has 1 atom stereocenters. The van der Waals surface area contributed by atoms with E-state index in [1.54, 1.807) is 13.2 Å². The number of carbonyl (C=O) groups excluding carboxylic acids is 1. The van der Waals surface area contributed by atoms with E-state index < -0.39 is 0 Å². The highest BCUT2D eigenvalue weighted by molar-refractivity contribution is 14.1. The molecule has 0 bridgehead atoms. The average molecular weight is 383 g/mol. The summed E-state index contributed by atoms with van der Waals surface area (Å²) in [6.45, 7) is 1.84. The fourth-order valence-corrected chi connectivity index (χ4v) is 2.58. The molecule has 0 aliphatic carbocycles. The molecule has 0 spiro atoms. The Labute approximate surface area is 126 Å². The topological polar surface area (TPSA) is 50.4 Å². The van der Waals surface area contributed by atoms with Gasteiger partial charge in [-0.25, -0.2) is 0 Å². The first-order valence-electron chi connectivity index (χ1n) is 5.56. The number of amides is 1. The Bertz CT molecular complexity index is 423. The quantitative estimate of drug-likeness (QED) is 0.784. The zero-order chi connectivity index (χ0) is 12.3. The summed E-state index contributed by atoms with van der Waals surface area (Å²) in [6, 6.07) is 5.73. The van der Waals surface area contributed by atoms with Crippen LogP contribution in [0.5, 0.6) is 5.75 Å². The van der Waals surface area contributed by atoms with Crippen LogP contribution in [0.1, 0.15) is 16.8 Å². The molecule has 100 valence electrons. The summed E-state index contributed by atoms with van der Waals surface area (Å²) in [7, 11) is 1.62. The van der Waals surface area contributed by atoms with Gasteiger partial charge in [-0.2, -0.15) is 0 Å². The van der Waals surface area contributed by atoms with Crippen LogP contribution in [0, 0.1) is 3.57 Å². The molecule has 1 amide bonds. The zero-order valence-corrected chi connectivity index (χ0v) is 13.0. The van der Waals surface area contributed by atoms with E-state index in [4.69, 9.17) is 4.74 Å². The van der Waals surface area contributed by atoms with E-state index in [-0.39, 0.29) is 24.4 Å². The summed E-state index contributed by atoms with van der Waals surface area (Å²) in [4.78, 5) is 12.0. The Morgan fingerprint density at radius 2 is 2.33 bits per heavy atom. The molecule has 2 N–H and O–H groups in total. The summed E-state index contributed by atoms with van der Waals surface area (Å²) in [5, 5.41) is 6.25. The molecule has 1 unspecified atom stereocenters. The monoisotopic (exact) mass is 382 g/mol. The standard InChI is InChI=1S/C12H15IN2O2.ClH/c1-17-9-2-3-10(11(13)6-9)12(16)15-8-4-5-14-7-8;/h2-3,6,8,14H,4-5,7H2,1H3,(H,15,16);1H. The molecule has 0 aromatic heterocycles. The molecule has 1 saturated heterocycles. The third kappa shape index (κ3) is 3.73. The lowest BCUT2D eigenvalue weighted by molar-refractivity contribution is 0.0939. The van der Waals surface area contributed by atoms with Gasteiger partial charge in [0.1, 0.15) is 5.75 Å². The van der Waals surface area contributed by atoms with E-state index in [9.17, 15) is 4.79 Å². The number of benzene rings is 1. The molecule has 1 aromatic rings. The minimum Gasteiger partial charge on any atom is -0.497 e. The number of nitrogens with one attached hydrogen (secondary N) is 2. The molecule has 18 heavy (non-hydrogen) atoms. The van der Waals surface area contributed by atoms with Crippen LogP contribution >= 0.6 is 35.0 Å². The molecule has 6 heteroatoms. The largest absolute Gasteiger partial charge is 0.497 e. The summed E-state index contributed by atoms with van der Waals surface area (Å²) < 4.78 is 6.02. The van der Waals surface area contributed by atoms with E-state index in [1.807, 2.05) is 12.1 Å². The summed E-state index contributed by atoms with van der Waals surface area (Å²) in [5.41, 5.74) is 0.707. The minimum atomic E-state index is -0.00856. The summed E-state index contributed by atoms with van der Waals surface area (Å²) in [6.07, 6.45) is 0.998. The van der Waals surface area contributed by atoms with Crippen LogP contribution in [0.2, 0.25) is 0 Å². The van der Waals surface area contributed by atoms with E-state index in [0.717, 1.165) is 28.8 Å². The number of hydrogen-bond donors (Lipinski definition) is 2. The fourth-order valence-electron chi connectivity index (χ4n) is 1.85. The highest BCUT2D eigenvalue weighted by atomic mass is 127. The summed E-state index contributed by atoms with van der Waals surface area (Å²) >= 11 is 2.15. The Morgan fingerprint density at radius 1 is 1.56 bits per heavy atom. The molecule has 1 heterocycles. The van der Waals surface area contributed by atoms with Crippen molar-refractivity contribution in [2.75, 3.05) is 20.2 Å². The molecule has 1 aromatic carbocycles. The molecule has 1 fully saturated rings. The van der Waals surface area contributed by atoms with Crippen molar-refractivity contribution in [1.29, 1.82) is 0 Å². The van der Waals surface area contributed by atoms with Gasteiger partial charge >= 0.3 is 0 Å². The van der Waals surface area contributed by atoms with Gasteiger partial charge in [-0.15, -0.1) is 12.4 Å². The number of carbonyl (C=O) groups is 1. The Kier molecular flexibility index (Phi) is 6.17. The van der Waals surface area contributed by atoms with E-state index in [2.05, 4.69) is 33.2 Å². The van der Waals surface area contributed by atoms with Gasteiger partial charge in [0.25, 0.3) is 5.91 Å². The smallest absolute Gasteiger partial charge is 0.252 e.